The minimum atomic E-state index is -0.990. The van der Waals surface area contributed by atoms with Gasteiger partial charge in [0.25, 0.3) is 0 Å². The molecule has 0 bridgehead atoms. The van der Waals surface area contributed by atoms with Gasteiger partial charge in [0, 0.05) is 11.8 Å². The summed E-state index contributed by atoms with van der Waals surface area (Å²) in [7, 11) is 0. The van der Waals surface area contributed by atoms with Gasteiger partial charge in [-0.05, 0) is 46.5 Å². The molecule has 3 atom stereocenters. The van der Waals surface area contributed by atoms with E-state index in [9.17, 15) is 9.59 Å². The van der Waals surface area contributed by atoms with Crippen molar-refractivity contribution in [3.05, 3.63) is 0 Å². The number of fused-ring (bicyclic) bond motifs is 1. The third kappa shape index (κ3) is 2.42. The molecule has 1 saturated carbocycles. The van der Waals surface area contributed by atoms with E-state index < -0.39 is 11.0 Å². The molecule has 2 fully saturated rings. The highest BCUT2D eigenvalue weighted by molar-refractivity contribution is 5.78. The van der Waals surface area contributed by atoms with Crippen LogP contribution in [0.5, 0.6) is 0 Å². The molecule has 1 aliphatic heterocycles. The standard InChI is InChI=1S/C15H24O4/c1-13(2,3)18-11-6-5-8-15(10-16)14(11,4)9-7-12(17)19-15/h10-11H,5-9H2,1-4H3/t11-,14+,15+/m0/s1. The molecule has 0 spiro atoms. The summed E-state index contributed by atoms with van der Waals surface area (Å²) in [6.45, 7) is 8.08. The molecule has 2 rings (SSSR count). The smallest absolute Gasteiger partial charge is 0.306 e. The lowest BCUT2D eigenvalue weighted by Crippen LogP contribution is -2.63. The molecule has 1 saturated heterocycles. The molecular formula is C15H24O4. The Hall–Kier alpha value is -0.900. The molecule has 0 aromatic carbocycles. The molecule has 0 aromatic heterocycles. The van der Waals surface area contributed by atoms with Crippen LogP contribution >= 0.6 is 0 Å². The van der Waals surface area contributed by atoms with E-state index in [0.717, 1.165) is 19.1 Å². The Balaban J connectivity index is 2.33. The third-order valence-corrected chi connectivity index (χ3v) is 4.52. The minimum absolute atomic E-state index is 0.0421. The number of esters is 1. The Morgan fingerprint density at radius 2 is 2.05 bits per heavy atom. The fraction of sp³-hybridized carbons (Fsp3) is 0.867. The van der Waals surface area contributed by atoms with Gasteiger partial charge in [-0.2, -0.15) is 0 Å². The van der Waals surface area contributed by atoms with Gasteiger partial charge in [0.05, 0.1) is 11.7 Å². The van der Waals surface area contributed by atoms with E-state index in [1.807, 2.05) is 27.7 Å². The quantitative estimate of drug-likeness (QED) is 0.570. The lowest BCUT2D eigenvalue weighted by atomic mass is 9.59. The maximum Gasteiger partial charge on any atom is 0.306 e. The lowest BCUT2D eigenvalue weighted by Gasteiger charge is -2.55. The number of ether oxygens (including phenoxy) is 2. The van der Waals surface area contributed by atoms with Crippen LogP contribution in [0.4, 0.5) is 0 Å². The molecule has 19 heavy (non-hydrogen) atoms. The second kappa shape index (κ2) is 4.58. The van der Waals surface area contributed by atoms with Crippen molar-refractivity contribution in [1.29, 1.82) is 0 Å². The molecule has 108 valence electrons. The van der Waals surface area contributed by atoms with Gasteiger partial charge in [-0.3, -0.25) is 9.59 Å². The molecule has 0 amide bonds. The average Bonchev–Trinajstić information content (AvgIpc) is 2.30. The molecule has 0 unspecified atom stereocenters. The van der Waals surface area contributed by atoms with Crippen molar-refractivity contribution in [3.63, 3.8) is 0 Å². The maximum absolute atomic E-state index is 11.6. The second-order valence-electron chi connectivity index (χ2n) is 7.01. The normalized spacial score (nSPS) is 39.4. The molecule has 4 heteroatoms. The van der Waals surface area contributed by atoms with Crippen molar-refractivity contribution in [2.45, 2.75) is 77.1 Å². The summed E-state index contributed by atoms with van der Waals surface area (Å²) in [5.74, 6) is -0.263. The van der Waals surface area contributed by atoms with E-state index in [2.05, 4.69) is 0 Å². The van der Waals surface area contributed by atoms with Gasteiger partial charge in [0.1, 0.15) is 0 Å². The van der Waals surface area contributed by atoms with Gasteiger partial charge in [0.15, 0.2) is 11.9 Å². The lowest BCUT2D eigenvalue weighted by molar-refractivity contribution is -0.233. The summed E-state index contributed by atoms with van der Waals surface area (Å²) in [5, 5.41) is 0. The van der Waals surface area contributed by atoms with E-state index in [-0.39, 0.29) is 17.7 Å². The Kier molecular flexibility index (Phi) is 3.50. The fourth-order valence-electron chi connectivity index (χ4n) is 3.42. The second-order valence-corrected chi connectivity index (χ2v) is 7.01. The molecule has 0 N–H and O–H groups in total. The first-order valence-electron chi connectivity index (χ1n) is 7.08. The predicted molar refractivity (Wildman–Crippen MR) is 70.7 cm³/mol. The fourth-order valence-corrected chi connectivity index (χ4v) is 3.42. The molecule has 0 radical (unpaired) electrons. The van der Waals surface area contributed by atoms with Gasteiger partial charge in [-0.15, -0.1) is 0 Å². The Bertz CT molecular complexity index is 384. The first-order valence-corrected chi connectivity index (χ1v) is 7.08. The topological polar surface area (TPSA) is 52.6 Å². The molecule has 1 heterocycles. The van der Waals surface area contributed by atoms with Crippen LogP contribution < -0.4 is 0 Å². The van der Waals surface area contributed by atoms with Gasteiger partial charge in [-0.25, -0.2) is 0 Å². The zero-order valence-electron chi connectivity index (χ0n) is 12.3. The first kappa shape index (κ1) is 14.5. The highest BCUT2D eigenvalue weighted by atomic mass is 16.6. The zero-order chi connectivity index (χ0) is 14.3. The van der Waals surface area contributed by atoms with Gasteiger partial charge in [0.2, 0.25) is 0 Å². The van der Waals surface area contributed by atoms with Crippen molar-refractivity contribution in [2.75, 3.05) is 0 Å². The summed E-state index contributed by atoms with van der Waals surface area (Å²) >= 11 is 0. The zero-order valence-corrected chi connectivity index (χ0v) is 12.3. The molecule has 4 nitrogen and oxygen atoms in total. The molecular weight excluding hydrogens is 244 g/mol. The summed E-state index contributed by atoms with van der Waals surface area (Å²) in [6, 6.07) is 0. The van der Waals surface area contributed by atoms with Crippen LogP contribution in [-0.4, -0.2) is 29.6 Å². The van der Waals surface area contributed by atoms with Crippen LogP contribution in [0.2, 0.25) is 0 Å². The Morgan fingerprint density at radius 1 is 1.37 bits per heavy atom. The maximum atomic E-state index is 11.6. The van der Waals surface area contributed by atoms with E-state index in [0.29, 0.717) is 19.3 Å². The molecule has 2 aliphatic rings. The van der Waals surface area contributed by atoms with Crippen molar-refractivity contribution in [2.24, 2.45) is 5.41 Å². The van der Waals surface area contributed by atoms with Crippen molar-refractivity contribution >= 4 is 12.3 Å². The first-order chi connectivity index (χ1) is 8.72. The monoisotopic (exact) mass is 268 g/mol. The van der Waals surface area contributed by atoms with E-state index in [1.165, 1.54) is 0 Å². The Morgan fingerprint density at radius 3 is 2.63 bits per heavy atom. The number of hydrogen-bond donors (Lipinski definition) is 0. The van der Waals surface area contributed by atoms with Crippen LogP contribution in [0.25, 0.3) is 0 Å². The summed E-state index contributed by atoms with van der Waals surface area (Å²) < 4.78 is 11.7. The average molecular weight is 268 g/mol. The number of rotatable bonds is 2. The van der Waals surface area contributed by atoms with Crippen LogP contribution in [0.15, 0.2) is 0 Å². The number of carbonyl (C=O) groups is 2. The van der Waals surface area contributed by atoms with Crippen molar-refractivity contribution < 1.29 is 19.1 Å². The Labute approximate surface area is 114 Å². The number of carbonyl (C=O) groups excluding carboxylic acids is 2. The number of hydrogen-bond acceptors (Lipinski definition) is 4. The molecule has 1 aliphatic carbocycles. The van der Waals surface area contributed by atoms with Gasteiger partial charge in [-0.1, -0.05) is 6.92 Å². The summed E-state index contributed by atoms with van der Waals surface area (Å²) in [6.07, 6.45) is 4.20. The SMILES string of the molecule is CC(C)(C)O[C@H]1CCC[C@]2(C=O)OC(=O)CC[C@]12C. The minimum Gasteiger partial charge on any atom is -0.451 e. The van der Waals surface area contributed by atoms with Crippen molar-refractivity contribution in [3.8, 4) is 0 Å². The van der Waals surface area contributed by atoms with Crippen LogP contribution in [-0.2, 0) is 19.1 Å². The highest BCUT2D eigenvalue weighted by Crippen LogP contribution is 2.53. The van der Waals surface area contributed by atoms with E-state index >= 15 is 0 Å². The van der Waals surface area contributed by atoms with E-state index in [1.54, 1.807) is 0 Å². The third-order valence-electron chi connectivity index (χ3n) is 4.52. The summed E-state index contributed by atoms with van der Waals surface area (Å²) in [4.78, 5) is 23.2. The van der Waals surface area contributed by atoms with Crippen LogP contribution in [0.3, 0.4) is 0 Å². The summed E-state index contributed by atoms with van der Waals surface area (Å²) in [5.41, 5.74) is -1.66. The number of aldehydes is 1. The van der Waals surface area contributed by atoms with E-state index in [4.69, 9.17) is 9.47 Å². The highest BCUT2D eigenvalue weighted by Gasteiger charge is 2.60. The van der Waals surface area contributed by atoms with Crippen LogP contribution in [0.1, 0.15) is 59.8 Å². The van der Waals surface area contributed by atoms with Gasteiger partial charge < -0.3 is 9.47 Å². The molecule has 0 aromatic rings. The van der Waals surface area contributed by atoms with Crippen molar-refractivity contribution in [1.82, 2.24) is 0 Å². The predicted octanol–water partition coefficient (Wildman–Crippen LogP) is 2.64. The van der Waals surface area contributed by atoms with Crippen LogP contribution in [0, 0.1) is 5.41 Å². The van der Waals surface area contributed by atoms with Gasteiger partial charge >= 0.3 is 5.97 Å². The largest absolute Gasteiger partial charge is 0.451 e.